The normalized spacial score (nSPS) is 14.5. The standard InChI is InChI=1S/C49H35GeN3/c1-49(2)38-27-15-12-24-35(38)43-39(49)30-31-42-44(43)37-26-14-17-29-41(37)53(42)48-51-46(32-18-6-3-7-19-32)45-36-25-13-16-28-40(36)50(47(45)52-48,33-20-8-4-9-21-33)34-22-10-5-11-23-34/h3-31H,1-2H3. The first-order chi connectivity index (χ1) is 26.1. The molecule has 0 unspecified atom stereocenters. The molecule has 1 aliphatic heterocycles. The molecule has 3 nitrogen and oxygen atoms in total. The predicted octanol–water partition coefficient (Wildman–Crippen LogP) is 8.90. The number of aromatic nitrogens is 3. The molecule has 1 aliphatic carbocycles. The quantitative estimate of drug-likeness (QED) is 0.169. The van der Waals surface area contributed by atoms with Crippen LogP contribution in [0.1, 0.15) is 25.0 Å². The Bertz CT molecular complexity index is 2870. The van der Waals surface area contributed by atoms with Gasteiger partial charge in [-0.1, -0.05) is 0 Å². The molecule has 3 heterocycles. The molecule has 11 rings (SSSR count). The molecule has 250 valence electrons. The van der Waals surface area contributed by atoms with Gasteiger partial charge in [0.25, 0.3) is 0 Å². The molecule has 2 aliphatic rings. The van der Waals surface area contributed by atoms with Crippen LogP contribution >= 0.6 is 0 Å². The molecule has 2 aromatic heterocycles. The molecular formula is C49H35GeN3. The zero-order valence-corrected chi connectivity index (χ0v) is 31.7. The minimum atomic E-state index is -3.70. The first-order valence-corrected chi connectivity index (χ1v) is 22.6. The van der Waals surface area contributed by atoms with E-state index in [1.165, 1.54) is 61.9 Å². The number of hydrogen-bond donors (Lipinski definition) is 0. The van der Waals surface area contributed by atoms with Crippen LogP contribution in [0.3, 0.4) is 0 Å². The summed E-state index contributed by atoms with van der Waals surface area (Å²) in [6.07, 6.45) is 0. The van der Waals surface area contributed by atoms with Gasteiger partial charge in [-0.05, 0) is 0 Å². The molecule has 0 saturated heterocycles. The fourth-order valence-corrected chi connectivity index (χ4v) is 20.1. The Morgan fingerprint density at radius 1 is 0.491 bits per heavy atom. The van der Waals surface area contributed by atoms with Crippen molar-refractivity contribution in [2.75, 3.05) is 0 Å². The summed E-state index contributed by atoms with van der Waals surface area (Å²) >= 11 is -3.70. The Kier molecular flexibility index (Phi) is 6.48. The van der Waals surface area contributed by atoms with Crippen molar-refractivity contribution >= 4 is 52.8 Å². The number of nitrogens with zero attached hydrogens (tertiary/aromatic N) is 3. The molecule has 0 radical (unpaired) electrons. The number of rotatable bonds is 4. The van der Waals surface area contributed by atoms with Gasteiger partial charge in [-0.2, -0.15) is 0 Å². The van der Waals surface area contributed by atoms with Crippen LogP contribution in [0, 0.1) is 0 Å². The van der Waals surface area contributed by atoms with Gasteiger partial charge < -0.3 is 0 Å². The van der Waals surface area contributed by atoms with E-state index in [2.05, 4.69) is 194 Å². The molecule has 0 amide bonds. The summed E-state index contributed by atoms with van der Waals surface area (Å²) in [5.74, 6) is 0.717. The summed E-state index contributed by atoms with van der Waals surface area (Å²) in [6.45, 7) is 4.71. The van der Waals surface area contributed by atoms with Crippen LogP contribution in [0.15, 0.2) is 176 Å². The third kappa shape index (κ3) is 4.06. The van der Waals surface area contributed by atoms with Crippen molar-refractivity contribution in [1.29, 1.82) is 0 Å². The second-order valence-electron chi connectivity index (χ2n) is 14.9. The Balaban J connectivity index is 1.32. The van der Waals surface area contributed by atoms with Gasteiger partial charge in [0.2, 0.25) is 0 Å². The van der Waals surface area contributed by atoms with Gasteiger partial charge >= 0.3 is 313 Å². The second kappa shape index (κ2) is 11.2. The Hall–Kier alpha value is -6.04. The van der Waals surface area contributed by atoms with Crippen LogP contribution in [-0.4, -0.2) is 27.8 Å². The maximum atomic E-state index is 5.90. The summed E-state index contributed by atoms with van der Waals surface area (Å²) in [6, 6.07) is 64.6. The zero-order valence-electron chi connectivity index (χ0n) is 29.6. The van der Waals surface area contributed by atoms with Gasteiger partial charge in [-0.15, -0.1) is 0 Å². The van der Waals surface area contributed by atoms with Gasteiger partial charge in [0.1, 0.15) is 0 Å². The van der Waals surface area contributed by atoms with Gasteiger partial charge in [0.15, 0.2) is 0 Å². The summed E-state index contributed by atoms with van der Waals surface area (Å²) in [5.41, 5.74) is 12.0. The van der Waals surface area contributed by atoms with Crippen LogP contribution in [0.25, 0.3) is 61.3 Å². The van der Waals surface area contributed by atoms with Crippen LogP contribution in [-0.2, 0) is 5.41 Å². The van der Waals surface area contributed by atoms with Gasteiger partial charge in [-0.25, -0.2) is 0 Å². The van der Waals surface area contributed by atoms with E-state index >= 15 is 0 Å². The van der Waals surface area contributed by atoms with Crippen molar-refractivity contribution in [1.82, 2.24) is 14.5 Å². The van der Waals surface area contributed by atoms with Crippen LogP contribution < -0.4 is 17.7 Å². The molecule has 0 bridgehead atoms. The molecule has 7 aromatic carbocycles. The zero-order chi connectivity index (χ0) is 35.3. The monoisotopic (exact) mass is 739 g/mol. The van der Waals surface area contributed by atoms with E-state index in [4.69, 9.17) is 9.97 Å². The van der Waals surface area contributed by atoms with E-state index in [0.29, 0.717) is 5.95 Å². The van der Waals surface area contributed by atoms with Crippen molar-refractivity contribution < 1.29 is 0 Å². The molecule has 4 heteroatoms. The van der Waals surface area contributed by atoms with Gasteiger partial charge in [0, 0.05) is 0 Å². The molecule has 53 heavy (non-hydrogen) atoms. The van der Waals surface area contributed by atoms with Crippen molar-refractivity contribution in [2.24, 2.45) is 0 Å². The molecule has 0 fully saturated rings. The van der Waals surface area contributed by atoms with Crippen LogP contribution in [0.4, 0.5) is 0 Å². The van der Waals surface area contributed by atoms with Gasteiger partial charge in [-0.3, -0.25) is 0 Å². The third-order valence-electron chi connectivity index (χ3n) is 11.9. The summed E-state index contributed by atoms with van der Waals surface area (Å²) in [7, 11) is 0. The second-order valence-corrected chi connectivity index (χ2v) is 22.6. The predicted molar refractivity (Wildman–Crippen MR) is 222 cm³/mol. The molecule has 0 spiro atoms. The van der Waals surface area contributed by atoms with E-state index in [-0.39, 0.29) is 5.41 Å². The average molecular weight is 738 g/mol. The molecule has 0 saturated carbocycles. The van der Waals surface area contributed by atoms with Crippen molar-refractivity contribution in [3.63, 3.8) is 0 Å². The van der Waals surface area contributed by atoms with Crippen LogP contribution in [0.5, 0.6) is 0 Å². The third-order valence-corrected chi connectivity index (χ3v) is 21.8. The number of benzene rings is 7. The van der Waals surface area contributed by atoms with E-state index in [0.717, 1.165) is 22.3 Å². The van der Waals surface area contributed by atoms with Crippen LogP contribution in [0.2, 0.25) is 0 Å². The Morgan fingerprint density at radius 3 is 1.83 bits per heavy atom. The maximum absolute atomic E-state index is 5.90. The summed E-state index contributed by atoms with van der Waals surface area (Å²) in [5, 5.41) is 2.49. The number of para-hydroxylation sites is 1. The van der Waals surface area contributed by atoms with Gasteiger partial charge in [0.05, 0.1) is 0 Å². The van der Waals surface area contributed by atoms with E-state index < -0.39 is 13.3 Å². The minimum absolute atomic E-state index is 0.0990. The summed E-state index contributed by atoms with van der Waals surface area (Å²) in [4.78, 5) is 11.6. The summed E-state index contributed by atoms with van der Waals surface area (Å²) < 4.78 is 7.67. The SMILES string of the molecule is CC1(C)c2ccccc2-c2c1ccc1c2c2ccccc2n1-c1nc(-c2ccccc2)c2[c](n1)[Ge]([c]1ccccc1)([c]1ccccc1)[c]1ccccc1-2. The average Bonchev–Trinajstić information content (AvgIpc) is 3.80. The number of fused-ring (bicyclic) bond motifs is 10. The fraction of sp³-hybridized carbons (Fsp3) is 0.0612. The van der Waals surface area contributed by atoms with E-state index in [1.54, 1.807) is 0 Å². The molecule has 0 N–H and O–H groups in total. The topological polar surface area (TPSA) is 30.7 Å². The molecule has 9 aromatic rings. The first kappa shape index (κ1) is 30.6. The first-order valence-electron chi connectivity index (χ1n) is 18.4. The van der Waals surface area contributed by atoms with Crippen molar-refractivity contribution in [2.45, 2.75) is 19.3 Å². The number of hydrogen-bond acceptors (Lipinski definition) is 2. The van der Waals surface area contributed by atoms with Crippen molar-refractivity contribution in [3.8, 4) is 39.5 Å². The molecule has 0 atom stereocenters. The Morgan fingerprint density at radius 2 is 1.09 bits per heavy atom. The Labute approximate surface area is 311 Å². The molecular weight excluding hydrogens is 703 g/mol. The fourth-order valence-electron chi connectivity index (χ4n) is 9.63. The van der Waals surface area contributed by atoms with Crippen molar-refractivity contribution in [3.05, 3.63) is 187 Å². The van der Waals surface area contributed by atoms with E-state index in [1.807, 2.05) is 0 Å². The van der Waals surface area contributed by atoms with E-state index in [9.17, 15) is 0 Å².